The Kier molecular flexibility index (Phi) is 8.70. The van der Waals surface area contributed by atoms with Gasteiger partial charge < -0.3 is 15.0 Å². The molecule has 1 aliphatic heterocycles. The monoisotopic (exact) mass is 279 g/mol. The van der Waals surface area contributed by atoms with Crippen LogP contribution in [0.25, 0.3) is 0 Å². The van der Waals surface area contributed by atoms with Crippen molar-refractivity contribution in [2.75, 3.05) is 52.9 Å². The minimum absolute atomic E-state index is 0. The lowest BCUT2D eigenvalue weighted by atomic mass is 10.3. The number of amides is 1. The molecule has 0 aliphatic carbocycles. The summed E-state index contributed by atoms with van der Waals surface area (Å²) in [7, 11) is 1.75. The molecule has 0 aromatic rings. The number of carbonyl (C=O) groups is 2. The van der Waals surface area contributed by atoms with Gasteiger partial charge in [0.05, 0.1) is 19.7 Å². The van der Waals surface area contributed by atoms with Gasteiger partial charge in [-0.25, -0.2) is 0 Å². The van der Waals surface area contributed by atoms with Gasteiger partial charge in [-0.15, -0.1) is 12.4 Å². The first-order chi connectivity index (χ1) is 8.13. The number of ether oxygens (including phenoxy) is 1. The molecule has 1 amide bonds. The Morgan fingerprint density at radius 2 is 1.89 bits per heavy atom. The number of rotatable bonds is 5. The molecular weight excluding hydrogens is 258 g/mol. The van der Waals surface area contributed by atoms with Crippen LogP contribution in [0.4, 0.5) is 0 Å². The van der Waals surface area contributed by atoms with E-state index in [9.17, 15) is 9.59 Å². The largest absolute Gasteiger partial charge is 0.465 e. The third-order valence-corrected chi connectivity index (χ3v) is 2.58. The van der Waals surface area contributed by atoms with Gasteiger partial charge >= 0.3 is 5.97 Å². The molecule has 1 N–H and O–H groups in total. The Morgan fingerprint density at radius 1 is 1.28 bits per heavy atom. The lowest BCUT2D eigenvalue weighted by molar-refractivity contribution is -0.144. The zero-order valence-electron chi connectivity index (χ0n) is 11.0. The number of likely N-dealkylation sites (N-methyl/N-ethyl adjacent to an activating group) is 1. The smallest absolute Gasteiger partial charge is 0.320 e. The van der Waals surface area contributed by atoms with Crippen molar-refractivity contribution in [3.05, 3.63) is 0 Å². The van der Waals surface area contributed by atoms with Crippen molar-refractivity contribution in [2.45, 2.75) is 6.92 Å². The van der Waals surface area contributed by atoms with Crippen molar-refractivity contribution < 1.29 is 14.3 Å². The van der Waals surface area contributed by atoms with Gasteiger partial charge in [0.15, 0.2) is 0 Å². The number of hydrogen-bond donors (Lipinski definition) is 1. The van der Waals surface area contributed by atoms with E-state index in [1.807, 2.05) is 4.90 Å². The molecule has 0 aromatic carbocycles. The quantitative estimate of drug-likeness (QED) is 0.677. The average Bonchev–Trinajstić information content (AvgIpc) is 2.30. The van der Waals surface area contributed by atoms with Gasteiger partial charge in [-0.1, -0.05) is 0 Å². The molecule has 0 aromatic heterocycles. The molecule has 0 unspecified atom stereocenters. The molecule has 6 nitrogen and oxygen atoms in total. The highest BCUT2D eigenvalue weighted by Gasteiger charge is 2.18. The number of hydrogen-bond acceptors (Lipinski definition) is 5. The summed E-state index contributed by atoms with van der Waals surface area (Å²) in [6.45, 7) is 5.73. The van der Waals surface area contributed by atoms with Crippen LogP contribution in [0.15, 0.2) is 0 Å². The van der Waals surface area contributed by atoms with Crippen LogP contribution in [0.5, 0.6) is 0 Å². The van der Waals surface area contributed by atoms with Gasteiger partial charge in [0.1, 0.15) is 0 Å². The predicted molar refractivity (Wildman–Crippen MR) is 70.8 cm³/mol. The van der Waals surface area contributed by atoms with Crippen molar-refractivity contribution >= 4 is 24.3 Å². The molecule has 0 bridgehead atoms. The fraction of sp³-hybridized carbons (Fsp3) is 0.818. The number of carbonyl (C=O) groups excluding carboxylic acids is 2. The summed E-state index contributed by atoms with van der Waals surface area (Å²) in [6, 6.07) is 0. The van der Waals surface area contributed by atoms with Crippen LogP contribution in [0.1, 0.15) is 6.92 Å². The van der Waals surface area contributed by atoms with Gasteiger partial charge in [-0.3, -0.25) is 14.5 Å². The Morgan fingerprint density at radius 3 is 2.44 bits per heavy atom. The summed E-state index contributed by atoms with van der Waals surface area (Å²) in [5, 5.41) is 3.19. The highest BCUT2D eigenvalue weighted by atomic mass is 35.5. The second kappa shape index (κ2) is 9.13. The summed E-state index contributed by atoms with van der Waals surface area (Å²) in [4.78, 5) is 26.6. The summed E-state index contributed by atoms with van der Waals surface area (Å²) >= 11 is 0. The third kappa shape index (κ3) is 6.18. The molecule has 1 heterocycles. The molecule has 106 valence electrons. The SMILES string of the molecule is CCOC(=O)CN(C)CC(=O)N1CCNCC1.Cl. The second-order valence-corrected chi connectivity index (χ2v) is 4.11. The van der Waals surface area contributed by atoms with E-state index in [1.165, 1.54) is 0 Å². The summed E-state index contributed by atoms with van der Waals surface area (Å²) in [5.41, 5.74) is 0. The van der Waals surface area contributed by atoms with E-state index in [0.29, 0.717) is 6.61 Å². The molecule has 18 heavy (non-hydrogen) atoms. The van der Waals surface area contributed by atoms with Gasteiger partial charge in [0.2, 0.25) is 5.91 Å². The first-order valence-electron chi connectivity index (χ1n) is 5.96. The second-order valence-electron chi connectivity index (χ2n) is 4.11. The van der Waals surface area contributed by atoms with Crippen molar-refractivity contribution in [1.29, 1.82) is 0 Å². The summed E-state index contributed by atoms with van der Waals surface area (Å²) < 4.78 is 4.82. The van der Waals surface area contributed by atoms with E-state index in [1.54, 1.807) is 18.9 Å². The van der Waals surface area contributed by atoms with E-state index >= 15 is 0 Å². The van der Waals surface area contributed by atoms with Crippen LogP contribution in [-0.2, 0) is 14.3 Å². The van der Waals surface area contributed by atoms with Crippen LogP contribution >= 0.6 is 12.4 Å². The van der Waals surface area contributed by atoms with Crippen LogP contribution in [0, 0.1) is 0 Å². The van der Waals surface area contributed by atoms with Crippen molar-refractivity contribution in [2.24, 2.45) is 0 Å². The van der Waals surface area contributed by atoms with Crippen molar-refractivity contribution in [3.8, 4) is 0 Å². The Labute approximate surface area is 114 Å². The lowest BCUT2D eigenvalue weighted by Gasteiger charge is -2.29. The molecule has 0 saturated carbocycles. The first kappa shape index (κ1) is 17.2. The molecular formula is C11H22ClN3O3. The van der Waals surface area contributed by atoms with Crippen molar-refractivity contribution in [3.63, 3.8) is 0 Å². The molecule has 0 radical (unpaired) electrons. The Balaban J connectivity index is 0.00000289. The Bertz CT molecular complexity index is 270. The summed E-state index contributed by atoms with van der Waals surface area (Å²) in [5.74, 6) is -0.221. The number of nitrogens with zero attached hydrogens (tertiary/aromatic N) is 2. The molecule has 1 fully saturated rings. The van der Waals surface area contributed by atoms with E-state index in [2.05, 4.69) is 5.32 Å². The highest BCUT2D eigenvalue weighted by Crippen LogP contribution is 1.95. The van der Waals surface area contributed by atoms with E-state index in [4.69, 9.17) is 4.74 Å². The number of nitrogens with one attached hydrogen (secondary N) is 1. The molecule has 1 rings (SSSR count). The minimum atomic E-state index is -0.289. The fourth-order valence-corrected chi connectivity index (χ4v) is 1.73. The zero-order chi connectivity index (χ0) is 12.7. The molecule has 1 saturated heterocycles. The number of piperazine rings is 1. The average molecular weight is 280 g/mol. The van der Waals surface area contributed by atoms with Crippen LogP contribution in [0.3, 0.4) is 0 Å². The molecule has 0 atom stereocenters. The van der Waals surface area contributed by atoms with E-state index in [-0.39, 0.29) is 37.4 Å². The third-order valence-electron chi connectivity index (χ3n) is 2.58. The Hall–Kier alpha value is -0.850. The van der Waals surface area contributed by atoms with Crippen LogP contribution in [0.2, 0.25) is 0 Å². The minimum Gasteiger partial charge on any atom is -0.465 e. The van der Waals surface area contributed by atoms with Gasteiger partial charge in [-0.2, -0.15) is 0 Å². The maximum Gasteiger partial charge on any atom is 0.320 e. The van der Waals surface area contributed by atoms with Crippen LogP contribution in [-0.4, -0.2) is 74.6 Å². The van der Waals surface area contributed by atoms with Crippen molar-refractivity contribution in [1.82, 2.24) is 15.1 Å². The van der Waals surface area contributed by atoms with E-state index in [0.717, 1.165) is 26.2 Å². The first-order valence-corrected chi connectivity index (χ1v) is 5.96. The molecule has 1 aliphatic rings. The number of esters is 1. The fourth-order valence-electron chi connectivity index (χ4n) is 1.73. The van der Waals surface area contributed by atoms with E-state index < -0.39 is 0 Å². The number of halogens is 1. The maximum absolute atomic E-state index is 11.9. The molecule has 0 spiro atoms. The molecule has 7 heteroatoms. The predicted octanol–water partition coefficient (Wildman–Crippen LogP) is -0.665. The standard InChI is InChI=1S/C11H21N3O3.ClH/c1-3-17-11(16)9-13(2)8-10(15)14-6-4-12-5-7-14;/h12H,3-9H2,1-2H3;1H. The van der Waals surface area contributed by atoms with Gasteiger partial charge in [0, 0.05) is 26.2 Å². The lowest BCUT2D eigenvalue weighted by Crippen LogP contribution is -2.49. The normalized spacial score (nSPS) is 15.2. The summed E-state index contributed by atoms with van der Waals surface area (Å²) in [6.07, 6.45) is 0. The van der Waals surface area contributed by atoms with Gasteiger partial charge in [-0.05, 0) is 14.0 Å². The zero-order valence-corrected chi connectivity index (χ0v) is 11.8. The maximum atomic E-state index is 11.9. The highest BCUT2D eigenvalue weighted by molar-refractivity contribution is 5.85. The van der Waals surface area contributed by atoms with Gasteiger partial charge in [0.25, 0.3) is 0 Å². The van der Waals surface area contributed by atoms with Crippen LogP contribution < -0.4 is 5.32 Å². The topological polar surface area (TPSA) is 61.9 Å².